The summed E-state index contributed by atoms with van der Waals surface area (Å²) in [6, 6.07) is 5.85. The summed E-state index contributed by atoms with van der Waals surface area (Å²) < 4.78 is 26.8. The number of rotatable bonds is 4. The van der Waals surface area contributed by atoms with Gasteiger partial charge in [0.25, 0.3) is 5.91 Å². The lowest BCUT2D eigenvalue weighted by Gasteiger charge is -2.33. The predicted molar refractivity (Wildman–Crippen MR) is 80.4 cm³/mol. The van der Waals surface area contributed by atoms with E-state index in [1.165, 1.54) is 35.6 Å². The summed E-state index contributed by atoms with van der Waals surface area (Å²) in [5.41, 5.74) is 6.13. The van der Waals surface area contributed by atoms with E-state index in [4.69, 9.17) is 5.73 Å². The molecule has 21 heavy (non-hydrogen) atoms. The maximum atomic E-state index is 12.7. The molecule has 1 aromatic carbocycles. The highest BCUT2D eigenvalue weighted by atomic mass is 32.2. The van der Waals surface area contributed by atoms with Crippen LogP contribution >= 0.6 is 0 Å². The van der Waals surface area contributed by atoms with Gasteiger partial charge in [-0.15, -0.1) is 0 Å². The molecule has 0 spiro atoms. The van der Waals surface area contributed by atoms with Crippen molar-refractivity contribution in [3.8, 4) is 0 Å². The molecular weight excluding hydrogens is 290 g/mol. The molecule has 7 heteroatoms. The van der Waals surface area contributed by atoms with Crippen LogP contribution in [0.3, 0.4) is 0 Å². The van der Waals surface area contributed by atoms with Gasteiger partial charge in [-0.05, 0) is 37.1 Å². The average molecular weight is 311 g/mol. The largest absolute Gasteiger partial charge is 0.355 e. The molecule has 2 rings (SSSR count). The van der Waals surface area contributed by atoms with Gasteiger partial charge in [-0.2, -0.15) is 4.31 Å². The van der Waals surface area contributed by atoms with Crippen molar-refractivity contribution in [3.05, 3.63) is 29.8 Å². The number of hydrogen-bond acceptors (Lipinski definition) is 4. The summed E-state index contributed by atoms with van der Waals surface area (Å²) >= 11 is 0. The zero-order valence-corrected chi connectivity index (χ0v) is 12.9. The van der Waals surface area contributed by atoms with Gasteiger partial charge in [-0.3, -0.25) is 4.79 Å². The summed E-state index contributed by atoms with van der Waals surface area (Å²) in [5, 5.41) is 2.50. The molecular formula is C14H21N3O3S. The van der Waals surface area contributed by atoms with Crippen LogP contribution in [0.5, 0.6) is 0 Å². The minimum Gasteiger partial charge on any atom is -0.355 e. The molecule has 1 aliphatic heterocycles. The molecule has 1 fully saturated rings. The standard InChI is InChI=1S/C14H21N3O3S/c1-16-14(18)11-5-7-13(8-6-11)21(19,20)17-9-3-2-4-12(17)10-15/h5-8,12H,2-4,9-10,15H2,1H3,(H,16,18). The zero-order chi connectivity index (χ0) is 15.5. The Bertz CT molecular complexity index is 598. The second-order valence-corrected chi connectivity index (χ2v) is 7.00. The molecule has 0 saturated carbocycles. The molecule has 1 amide bonds. The molecule has 1 saturated heterocycles. The van der Waals surface area contributed by atoms with Crippen LogP contribution in [0, 0.1) is 0 Å². The third kappa shape index (κ3) is 3.25. The number of sulfonamides is 1. The van der Waals surface area contributed by atoms with E-state index in [2.05, 4.69) is 5.32 Å². The topological polar surface area (TPSA) is 92.5 Å². The fourth-order valence-corrected chi connectivity index (χ4v) is 4.29. The van der Waals surface area contributed by atoms with Crippen molar-refractivity contribution >= 4 is 15.9 Å². The second kappa shape index (κ2) is 6.55. The lowest BCUT2D eigenvalue weighted by Crippen LogP contribution is -2.47. The summed E-state index contributed by atoms with van der Waals surface area (Å²) in [6.07, 6.45) is 2.65. The minimum absolute atomic E-state index is 0.137. The number of piperidine rings is 1. The van der Waals surface area contributed by atoms with E-state index in [1.807, 2.05) is 0 Å². The smallest absolute Gasteiger partial charge is 0.251 e. The molecule has 1 heterocycles. The highest BCUT2D eigenvalue weighted by Crippen LogP contribution is 2.25. The Kier molecular flexibility index (Phi) is 4.97. The Labute approximate surface area is 125 Å². The van der Waals surface area contributed by atoms with Crippen LogP contribution in [-0.2, 0) is 10.0 Å². The zero-order valence-electron chi connectivity index (χ0n) is 12.1. The number of carbonyl (C=O) groups is 1. The van der Waals surface area contributed by atoms with Crippen LogP contribution < -0.4 is 11.1 Å². The van der Waals surface area contributed by atoms with Gasteiger partial charge in [-0.25, -0.2) is 8.42 Å². The van der Waals surface area contributed by atoms with Gasteiger partial charge >= 0.3 is 0 Å². The van der Waals surface area contributed by atoms with Gasteiger partial charge in [-0.1, -0.05) is 6.42 Å². The van der Waals surface area contributed by atoms with E-state index in [9.17, 15) is 13.2 Å². The van der Waals surface area contributed by atoms with Gasteiger partial charge in [0.05, 0.1) is 4.90 Å². The van der Waals surface area contributed by atoms with Crippen molar-refractivity contribution < 1.29 is 13.2 Å². The first-order chi connectivity index (χ1) is 10.0. The van der Waals surface area contributed by atoms with Crippen LogP contribution in [-0.4, -0.2) is 44.8 Å². The van der Waals surface area contributed by atoms with Crippen LogP contribution in [0.1, 0.15) is 29.6 Å². The molecule has 0 bridgehead atoms. The Morgan fingerprint density at radius 3 is 2.57 bits per heavy atom. The Morgan fingerprint density at radius 2 is 2.00 bits per heavy atom. The first-order valence-corrected chi connectivity index (χ1v) is 8.48. The van der Waals surface area contributed by atoms with E-state index in [0.29, 0.717) is 18.7 Å². The monoisotopic (exact) mass is 311 g/mol. The Balaban J connectivity index is 2.28. The molecule has 0 radical (unpaired) electrons. The number of nitrogens with zero attached hydrogens (tertiary/aromatic N) is 1. The van der Waals surface area contributed by atoms with E-state index < -0.39 is 10.0 Å². The maximum Gasteiger partial charge on any atom is 0.251 e. The first-order valence-electron chi connectivity index (χ1n) is 7.04. The highest BCUT2D eigenvalue weighted by Gasteiger charge is 2.32. The van der Waals surface area contributed by atoms with Crippen molar-refractivity contribution in [3.63, 3.8) is 0 Å². The van der Waals surface area contributed by atoms with Crippen molar-refractivity contribution in [1.29, 1.82) is 0 Å². The van der Waals surface area contributed by atoms with Crippen molar-refractivity contribution in [2.75, 3.05) is 20.1 Å². The van der Waals surface area contributed by atoms with E-state index in [-0.39, 0.29) is 16.8 Å². The van der Waals surface area contributed by atoms with Crippen LogP contribution in [0.15, 0.2) is 29.2 Å². The number of carbonyl (C=O) groups excluding carboxylic acids is 1. The maximum absolute atomic E-state index is 12.7. The van der Waals surface area contributed by atoms with Gasteiger partial charge in [0.2, 0.25) is 10.0 Å². The normalized spacial score (nSPS) is 20.2. The molecule has 116 valence electrons. The fraction of sp³-hybridized carbons (Fsp3) is 0.500. The average Bonchev–Trinajstić information content (AvgIpc) is 2.54. The summed E-state index contributed by atoms with van der Waals surface area (Å²) in [4.78, 5) is 11.7. The molecule has 3 N–H and O–H groups in total. The molecule has 6 nitrogen and oxygen atoms in total. The van der Waals surface area contributed by atoms with Crippen LogP contribution in [0.2, 0.25) is 0 Å². The molecule has 1 aliphatic rings. The summed E-state index contributed by atoms with van der Waals surface area (Å²) in [7, 11) is -2.02. The fourth-order valence-electron chi connectivity index (χ4n) is 2.58. The molecule has 1 unspecified atom stereocenters. The lowest BCUT2D eigenvalue weighted by molar-refractivity contribution is 0.0963. The molecule has 1 atom stereocenters. The van der Waals surface area contributed by atoms with E-state index in [1.54, 1.807) is 0 Å². The minimum atomic E-state index is -3.55. The Morgan fingerprint density at radius 1 is 1.33 bits per heavy atom. The molecule has 1 aromatic rings. The van der Waals surface area contributed by atoms with Crippen LogP contribution in [0.25, 0.3) is 0 Å². The van der Waals surface area contributed by atoms with Gasteiger partial charge in [0, 0.05) is 31.7 Å². The number of hydrogen-bond donors (Lipinski definition) is 2. The summed E-state index contributed by atoms with van der Waals surface area (Å²) in [5.74, 6) is -0.239. The van der Waals surface area contributed by atoms with Gasteiger partial charge in [0.1, 0.15) is 0 Å². The first kappa shape index (κ1) is 15.9. The SMILES string of the molecule is CNC(=O)c1ccc(S(=O)(=O)N2CCCCC2CN)cc1. The number of amides is 1. The number of benzene rings is 1. The highest BCUT2D eigenvalue weighted by molar-refractivity contribution is 7.89. The third-order valence-electron chi connectivity index (χ3n) is 3.80. The number of nitrogens with one attached hydrogen (secondary N) is 1. The van der Waals surface area contributed by atoms with E-state index in [0.717, 1.165) is 19.3 Å². The molecule has 0 aromatic heterocycles. The lowest BCUT2D eigenvalue weighted by atomic mass is 10.1. The Hall–Kier alpha value is -1.44. The van der Waals surface area contributed by atoms with Crippen molar-refractivity contribution in [1.82, 2.24) is 9.62 Å². The van der Waals surface area contributed by atoms with Crippen molar-refractivity contribution in [2.45, 2.75) is 30.2 Å². The quantitative estimate of drug-likeness (QED) is 0.849. The van der Waals surface area contributed by atoms with Gasteiger partial charge < -0.3 is 11.1 Å². The second-order valence-electron chi connectivity index (χ2n) is 5.10. The van der Waals surface area contributed by atoms with Crippen molar-refractivity contribution in [2.24, 2.45) is 5.73 Å². The summed E-state index contributed by atoms with van der Waals surface area (Å²) in [6.45, 7) is 0.830. The third-order valence-corrected chi connectivity index (χ3v) is 5.76. The number of nitrogens with two attached hydrogens (primary N) is 1. The predicted octanol–water partition coefficient (Wildman–Crippen LogP) is 0.548. The molecule has 0 aliphatic carbocycles. The van der Waals surface area contributed by atoms with Crippen LogP contribution in [0.4, 0.5) is 0 Å². The van der Waals surface area contributed by atoms with E-state index >= 15 is 0 Å². The van der Waals surface area contributed by atoms with Gasteiger partial charge in [0.15, 0.2) is 0 Å².